The third-order valence-electron chi connectivity index (χ3n) is 5.32. The lowest BCUT2D eigenvalue weighted by atomic mass is 9.66. The fourth-order valence-electron chi connectivity index (χ4n) is 4.39. The number of carbonyl (C=O) groups is 1. The Bertz CT molecular complexity index is 665. The molecule has 0 saturated carbocycles. The molecule has 3 atom stereocenters. The lowest BCUT2D eigenvalue weighted by molar-refractivity contribution is -0.118. The average Bonchev–Trinajstić information content (AvgIpc) is 2.85. The molecule has 2 N–H and O–H groups in total. The molecule has 1 aromatic carbocycles. The van der Waals surface area contributed by atoms with E-state index in [1.54, 1.807) is 0 Å². The number of nitrogens with two attached hydrogens (primary N) is 1. The Morgan fingerprint density at radius 3 is 2.74 bits per heavy atom. The van der Waals surface area contributed by atoms with Gasteiger partial charge in [-0.1, -0.05) is 53.7 Å². The van der Waals surface area contributed by atoms with Gasteiger partial charge in [0.15, 0.2) is 0 Å². The second-order valence-corrected chi connectivity index (χ2v) is 6.49. The molecular weight excluding hydrogens is 288 g/mol. The Kier molecular flexibility index (Phi) is 4.42. The predicted molar refractivity (Wildman–Crippen MR) is 91.0 cm³/mol. The molecule has 0 aliphatic heterocycles. The summed E-state index contributed by atoms with van der Waals surface area (Å²) in [7, 11) is 0. The largest absolute Gasteiger partial charge is 0.370 e. The maximum absolute atomic E-state index is 11.4. The number of nitroso groups, excluding NO2 is 1. The van der Waals surface area contributed by atoms with Crippen LogP contribution < -0.4 is 5.73 Å². The molecule has 4 heteroatoms. The Balaban J connectivity index is 2.03. The first-order valence-electron chi connectivity index (χ1n) is 8.21. The maximum Gasteiger partial charge on any atom is 0.217 e. The summed E-state index contributed by atoms with van der Waals surface area (Å²) in [6.45, 7) is 0.317. The molecular formula is C19H22N2O2. The van der Waals surface area contributed by atoms with Crippen molar-refractivity contribution in [1.82, 2.24) is 0 Å². The standard InChI is InChI=1S/C19H22N2O2/c20-18(22)10-12-19(11-5-13-21-23)16-8-3-1-6-14(16)15-7-2-4-9-17(15)19/h1-4,6-9,14,16H,5,10-13H2,(H2,20,22). The van der Waals surface area contributed by atoms with Crippen LogP contribution in [-0.2, 0) is 10.2 Å². The monoisotopic (exact) mass is 310 g/mol. The van der Waals surface area contributed by atoms with Crippen molar-refractivity contribution < 1.29 is 4.79 Å². The van der Waals surface area contributed by atoms with Crippen LogP contribution in [0, 0.1) is 10.8 Å². The van der Waals surface area contributed by atoms with Crippen molar-refractivity contribution in [2.24, 2.45) is 16.8 Å². The summed E-state index contributed by atoms with van der Waals surface area (Å²) in [4.78, 5) is 22.0. The van der Waals surface area contributed by atoms with E-state index in [9.17, 15) is 9.70 Å². The normalized spacial score (nSPS) is 27.5. The number of primary amides is 1. The van der Waals surface area contributed by atoms with Crippen molar-refractivity contribution in [2.45, 2.75) is 37.0 Å². The van der Waals surface area contributed by atoms with Crippen LogP contribution in [0.2, 0.25) is 0 Å². The van der Waals surface area contributed by atoms with Gasteiger partial charge in [-0.3, -0.25) is 4.79 Å². The Labute approximate surface area is 136 Å². The summed E-state index contributed by atoms with van der Waals surface area (Å²) in [5.41, 5.74) is 7.94. The van der Waals surface area contributed by atoms with Crippen LogP contribution in [0.5, 0.6) is 0 Å². The number of carbonyl (C=O) groups excluding carboxylic acids is 1. The van der Waals surface area contributed by atoms with Crippen LogP contribution in [0.4, 0.5) is 0 Å². The Morgan fingerprint density at radius 1 is 1.17 bits per heavy atom. The van der Waals surface area contributed by atoms with Crippen molar-refractivity contribution in [2.75, 3.05) is 6.54 Å². The number of hydrogen-bond acceptors (Lipinski definition) is 3. The summed E-state index contributed by atoms with van der Waals surface area (Å²) in [5.74, 6) is 0.387. The summed E-state index contributed by atoms with van der Waals surface area (Å²) >= 11 is 0. The van der Waals surface area contributed by atoms with Crippen LogP contribution in [0.25, 0.3) is 0 Å². The number of benzene rings is 1. The summed E-state index contributed by atoms with van der Waals surface area (Å²) in [6, 6.07) is 8.48. The number of nitrogens with zero attached hydrogens (tertiary/aromatic N) is 1. The van der Waals surface area contributed by atoms with Gasteiger partial charge < -0.3 is 5.73 Å². The molecule has 1 aromatic rings. The molecule has 1 amide bonds. The van der Waals surface area contributed by atoms with Crippen molar-refractivity contribution in [3.05, 3.63) is 64.6 Å². The van der Waals surface area contributed by atoms with Gasteiger partial charge in [0, 0.05) is 17.8 Å². The highest BCUT2D eigenvalue weighted by Crippen LogP contribution is 2.57. The van der Waals surface area contributed by atoms with E-state index in [1.165, 1.54) is 11.1 Å². The molecule has 3 unspecified atom stereocenters. The number of amides is 1. The van der Waals surface area contributed by atoms with Crippen LogP contribution in [0.15, 0.2) is 53.7 Å². The van der Waals surface area contributed by atoms with E-state index in [2.05, 4.69) is 53.7 Å². The zero-order valence-electron chi connectivity index (χ0n) is 13.2. The minimum Gasteiger partial charge on any atom is -0.370 e. The quantitative estimate of drug-likeness (QED) is 0.617. The fraction of sp³-hybridized carbons (Fsp3) is 0.421. The van der Waals surface area contributed by atoms with Gasteiger partial charge in [0.2, 0.25) is 5.91 Å². The number of hydrogen-bond donors (Lipinski definition) is 1. The van der Waals surface area contributed by atoms with Gasteiger partial charge >= 0.3 is 0 Å². The van der Waals surface area contributed by atoms with Crippen LogP contribution in [-0.4, -0.2) is 12.5 Å². The molecule has 120 valence electrons. The van der Waals surface area contributed by atoms with Crippen LogP contribution in [0.3, 0.4) is 0 Å². The summed E-state index contributed by atoms with van der Waals surface area (Å²) in [5, 5.41) is 3.01. The average molecular weight is 310 g/mol. The van der Waals surface area contributed by atoms with Crippen molar-refractivity contribution in [1.29, 1.82) is 0 Å². The number of allylic oxidation sites excluding steroid dienone is 4. The lowest BCUT2D eigenvalue weighted by Crippen LogP contribution is -2.34. The Morgan fingerprint density at radius 2 is 1.96 bits per heavy atom. The van der Waals surface area contributed by atoms with E-state index in [4.69, 9.17) is 5.73 Å². The van der Waals surface area contributed by atoms with Crippen LogP contribution in [0.1, 0.15) is 42.7 Å². The topological polar surface area (TPSA) is 72.5 Å². The zero-order valence-corrected chi connectivity index (χ0v) is 13.2. The molecule has 0 bridgehead atoms. The minimum absolute atomic E-state index is 0.137. The predicted octanol–water partition coefficient (Wildman–Crippen LogP) is 3.58. The second-order valence-electron chi connectivity index (χ2n) is 6.49. The molecule has 3 rings (SSSR count). The van der Waals surface area contributed by atoms with Gasteiger partial charge in [-0.05, 0) is 36.3 Å². The third kappa shape index (κ3) is 2.74. The first-order valence-corrected chi connectivity index (χ1v) is 8.21. The molecule has 0 spiro atoms. The summed E-state index contributed by atoms with van der Waals surface area (Å²) < 4.78 is 0. The van der Waals surface area contributed by atoms with Crippen molar-refractivity contribution in [3.8, 4) is 0 Å². The molecule has 0 heterocycles. The molecule has 0 aromatic heterocycles. The first kappa shape index (κ1) is 15.7. The third-order valence-corrected chi connectivity index (χ3v) is 5.32. The van der Waals surface area contributed by atoms with E-state index in [1.807, 2.05) is 0 Å². The van der Waals surface area contributed by atoms with E-state index in [-0.39, 0.29) is 11.3 Å². The number of rotatable bonds is 7. The fourth-order valence-corrected chi connectivity index (χ4v) is 4.39. The zero-order chi connectivity index (χ0) is 16.3. The van der Waals surface area contributed by atoms with Gasteiger partial charge in [-0.2, -0.15) is 4.91 Å². The van der Waals surface area contributed by atoms with E-state index in [0.717, 1.165) is 19.3 Å². The van der Waals surface area contributed by atoms with Gasteiger partial charge in [0.1, 0.15) is 0 Å². The molecule has 0 radical (unpaired) electrons. The molecule has 2 aliphatic carbocycles. The molecule has 0 fully saturated rings. The Hall–Kier alpha value is -2.23. The van der Waals surface area contributed by atoms with E-state index in [0.29, 0.717) is 24.8 Å². The molecule has 23 heavy (non-hydrogen) atoms. The smallest absolute Gasteiger partial charge is 0.217 e. The van der Waals surface area contributed by atoms with Gasteiger partial charge in [-0.15, -0.1) is 0 Å². The number of fused-ring (bicyclic) bond motifs is 3. The van der Waals surface area contributed by atoms with Gasteiger partial charge in [0.25, 0.3) is 0 Å². The molecule has 4 nitrogen and oxygen atoms in total. The second kappa shape index (κ2) is 6.49. The first-order chi connectivity index (χ1) is 11.2. The lowest BCUT2D eigenvalue weighted by Gasteiger charge is -2.37. The van der Waals surface area contributed by atoms with Crippen molar-refractivity contribution >= 4 is 5.91 Å². The highest BCUT2D eigenvalue weighted by Gasteiger charge is 2.49. The highest BCUT2D eigenvalue weighted by molar-refractivity contribution is 5.74. The van der Waals surface area contributed by atoms with E-state index >= 15 is 0 Å². The molecule has 2 aliphatic rings. The van der Waals surface area contributed by atoms with Crippen LogP contribution >= 0.6 is 0 Å². The minimum atomic E-state index is -0.269. The van der Waals surface area contributed by atoms with Gasteiger partial charge in [0.05, 0.1) is 6.54 Å². The summed E-state index contributed by atoms with van der Waals surface area (Å²) in [6.07, 6.45) is 11.3. The van der Waals surface area contributed by atoms with Crippen molar-refractivity contribution in [3.63, 3.8) is 0 Å². The van der Waals surface area contributed by atoms with E-state index < -0.39 is 0 Å². The molecule has 0 saturated heterocycles. The maximum atomic E-state index is 11.4. The highest BCUT2D eigenvalue weighted by atomic mass is 16.3. The SMILES string of the molecule is NC(=O)CCC1(CCCN=O)c2ccccc2C2C=CC=CC21. The van der Waals surface area contributed by atoms with Gasteiger partial charge in [-0.25, -0.2) is 0 Å².